The number of hydrogen-bond acceptors (Lipinski definition) is 8. The van der Waals surface area contributed by atoms with Crippen molar-refractivity contribution < 1.29 is 28.6 Å². The molecule has 1 aliphatic carbocycles. The maximum atomic E-state index is 12.3. The van der Waals surface area contributed by atoms with E-state index in [-0.39, 0.29) is 44.8 Å². The summed E-state index contributed by atoms with van der Waals surface area (Å²) in [5.74, 6) is 0.174. The van der Waals surface area contributed by atoms with E-state index in [1.165, 1.54) is 56.3 Å². The zero-order valence-corrected chi connectivity index (χ0v) is 25.4. The summed E-state index contributed by atoms with van der Waals surface area (Å²) in [5.41, 5.74) is 0. The molecule has 1 saturated heterocycles. The highest BCUT2D eigenvalue weighted by atomic mass is 32.2. The van der Waals surface area contributed by atoms with Crippen molar-refractivity contribution in [3.05, 3.63) is 24.3 Å². The van der Waals surface area contributed by atoms with Crippen LogP contribution in [0, 0.1) is 11.8 Å². The van der Waals surface area contributed by atoms with Crippen LogP contribution in [0.15, 0.2) is 24.3 Å². The number of carbonyl (C=O) groups excluding carboxylic acids is 3. The fourth-order valence-electron chi connectivity index (χ4n) is 5.28. The first-order chi connectivity index (χ1) is 18.3. The number of ether oxygens (including phenoxy) is 3. The molecule has 2 aliphatic rings. The van der Waals surface area contributed by atoms with Crippen molar-refractivity contribution in [1.29, 1.82) is 0 Å². The van der Waals surface area contributed by atoms with Crippen LogP contribution >= 0.6 is 23.5 Å². The average molecular weight is 569 g/mol. The third-order valence-corrected chi connectivity index (χ3v) is 9.49. The van der Waals surface area contributed by atoms with E-state index >= 15 is 0 Å². The van der Waals surface area contributed by atoms with Crippen LogP contribution < -0.4 is 0 Å². The van der Waals surface area contributed by atoms with E-state index in [0.717, 1.165) is 38.5 Å². The summed E-state index contributed by atoms with van der Waals surface area (Å²) < 4.78 is 16.5. The second-order valence-corrected chi connectivity index (χ2v) is 13.1. The smallest absolute Gasteiger partial charge is 0.335 e. The van der Waals surface area contributed by atoms with Crippen LogP contribution in [0.1, 0.15) is 97.8 Å². The highest BCUT2D eigenvalue weighted by Gasteiger charge is 2.43. The molecule has 6 nitrogen and oxygen atoms in total. The highest BCUT2D eigenvalue weighted by molar-refractivity contribution is 8.15. The molecule has 2 rings (SSSR count). The highest BCUT2D eigenvalue weighted by Crippen LogP contribution is 2.47. The molecule has 2 unspecified atom stereocenters. The Labute approximate surface area is 238 Å². The minimum Gasteiger partial charge on any atom is -0.467 e. The number of rotatable bonds is 16. The third-order valence-electron chi connectivity index (χ3n) is 7.17. The number of carbonyl (C=O) groups is 3. The Hall–Kier alpha value is -1.09. The predicted molar refractivity (Wildman–Crippen MR) is 157 cm³/mol. The molecular formula is C30H48O6S2. The Morgan fingerprint density at radius 1 is 0.974 bits per heavy atom. The van der Waals surface area contributed by atoms with Gasteiger partial charge < -0.3 is 14.2 Å². The Balaban J connectivity index is 2.01. The van der Waals surface area contributed by atoms with Crippen molar-refractivity contribution in [2.45, 2.75) is 121 Å². The Morgan fingerprint density at radius 3 is 2.39 bits per heavy atom. The number of thioether (sulfide) groups is 2. The van der Waals surface area contributed by atoms with Gasteiger partial charge in [-0.15, -0.1) is 0 Å². The molecule has 0 aromatic heterocycles. The quantitative estimate of drug-likeness (QED) is 0.109. The summed E-state index contributed by atoms with van der Waals surface area (Å²) in [7, 11) is 1.39. The molecule has 216 valence electrons. The molecule has 8 heteroatoms. The maximum absolute atomic E-state index is 12.3. The molecule has 0 aromatic carbocycles. The molecule has 0 aromatic rings. The Kier molecular flexibility index (Phi) is 16.6. The molecule has 0 bridgehead atoms. The molecule has 0 amide bonds. The number of allylic oxidation sites excluding steroid dienone is 4. The van der Waals surface area contributed by atoms with Gasteiger partial charge in [0, 0.05) is 31.0 Å². The lowest BCUT2D eigenvalue weighted by atomic mass is 9.91. The lowest BCUT2D eigenvalue weighted by Crippen LogP contribution is -2.33. The van der Waals surface area contributed by atoms with Crippen LogP contribution in [0.4, 0.5) is 0 Å². The van der Waals surface area contributed by atoms with E-state index in [4.69, 9.17) is 14.2 Å². The van der Waals surface area contributed by atoms with E-state index in [2.05, 4.69) is 31.2 Å². The summed E-state index contributed by atoms with van der Waals surface area (Å²) in [6, 6.07) is 0. The summed E-state index contributed by atoms with van der Waals surface area (Å²) in [4.78, 5) is 36.3. The monoisotopic (exact) mass is 568 g/mol. The van der Waals surface area contributed by atoms with Crippen molar-refractivity contribution in [1.82, 2.24) is 0 Å². The van der Waals surface area contributed by atoms with Gasteiger partial charge in [0.15, 0.2) is 22.6 Å². The lowest BCUT2D eigenvalue weighted by Gasteiger charge is -2.26. The van der Waals surface area contributed by atoms with Gasteiger partial charge in [0.1, 0.15) is 0 Å². The molecule has 2 fully saturated rings. The van der Waals surface area contributed by atoms with Gasteiger partial charge in [0.2, 0.25) is 0 Å². The molecule has 1 aliphatic heterocycles. The first kappa shape index (κ1) is 33.1. The van der Waals surface area contributed by atoms with Crippen molar-refractivity contribution in [2.24, 2.45) is 11.8 Å². The van der Waals surface area contributed by atoms with E-state index in [1.807, 2.05) is 0 Å². The summed E-state index contributed by atoms with van der Waals surface area (Å²) >= 11 is 2.85. The number of methoxy groups -OCH3 is 1. The van der Waals surface area contributed by atoms with Crippen LogP contribution in [0.25, 0.3) is 0 Å². The van der Waals surface area contributed by atoms with Gasteiger partial charge in [0.25, 0.3) is 0 Å². The standard InChI is InChI=1S/C30H48O6S2/c1-5-6-7-8-9-11-16-24-25(28(38-23(3)32)21-27(24)37-22(2)31)17-12-10-13-18-26(30(33)34-4)36-29-19-14-15-20-35-29/h10-12,16,24-29H,5-9,13-15,17-21H2,1-4H3/b12-10-,16-11+/t24-,25-,26?,27-,28+,29?/m1/s1. The van der Waals surface area contributed by atoms with Gasteiger partial charge in [0.05, 0.1) is 7.11 Å². The molecule has 0 radical (unpaired) electrons. The largest absolute Gasteiger partial charge is 0.467 e. The molecule has 1 heterocycles. The van der Waals surface area contributed by atoms with Gasteiger partial charge in [-0.1, -0.05) is 74.0 Å². The molecule has 0 spiro atoms. The van der Waals surface area contributed by atoms with Crippen molar-refractivity contribution in [2.75, 3.05) is 13.7 Å². The zero-order chi connectivity index (χ0) is 27.8. The SMILES string of the molecule is CCCCCC/C=C/[C@@H]1[C@@H](C/C=C\CCC(OC2CCCCO2)C(=O)OC)[C@@H](SC(C)=O)C[C@H]1SC(C)=O. The molecule has 0 N–H and O–H groups in total. The minimum atomic E-state index is -0.639. The summed E-state index contributed by atoms with van der Waals surface area (Å²) in [6.07, 6.45) is 19.7. The van der Waals surface area contributed by atoms with Gasteiger partial charge in [-0.25, -0.2) is 4.79 Å². The topological polar surface area (TPSA) is 78.9 Å². The van der Waals surface area contributed by atoms with Gasteiger partial charge >= 0.3 is 5.97 Å². The maximum Gasteiger partial charge on any atom is 0.335 e. The van der Waals surface area contributed by atoms with Crippen LogP contribution in [-0.4, -0.2) is 52.8 Å². The predicted octanol–water partition coefficient (Wildman–Crippen LogP) is 7.26. The van der Waals surface area contributed by atoms with Gasteiger partial charge in [-0.2, -0.15) is 0 Å². The zero-order valence-electron chi connectivity index (χ0n) is 23.7. The van der Waals surface area contributed by atoms with E-state index in [0.29, 0.717) is 19.4 Å². The van der Waals surface area contributed by atoms with E-state index < -0.39 is 6.10 Å². The number of unbranched alkanes of at least 4 members (excludes halogenated alkanes) is 4. The van der Waals surface area contributed by atoms with Crippen molar-refractivity contribution in [3.63, 3.8) is 0 Å². The fourth-order valence-corrected chi connectivity index (χ4v) is 7.78. The first-order valence-corrected chi connectivity index (χ1v) is 16.1. The molecule has 6 atom stereocenters. The van der Waals surface area contributed by atoms with Gasteiger partial charge in [-0.3, -0.25) is 9.59 Å². The number of esters is 1. The van der Waals surface area contributed by atoms with Crippen LogP contribution in [-0.2, 0) is 28.6 Å². The van der Waals surface area contributed by atoms with Crippen LogP contribution in [0.3, 0.4) is 0 Å². The first-order valence-electron chi connectivity index (χ1n) is 14.4. The van der Waals surface area contributed by atoms with Crippen molar-refractivity contribution >= 4 is 39.7 Å². The number of hydrogen-bond donors (Lipinski definition) is 0. The molecule has 1 saturated carbocycles. The Bertz CT molecular complexity index is 777. The summed E-state index contributed by atoms with van der Waals surface area (Å²) in [5, 5.41) is 0.651. The molecular weight excluding hydrogens is 520 g/mol. The summed E-state index contributed by atoms with van der Waals surface area (Å²) in [6.45, 7) is 6.15. The minimum absolute atomic E-state index is 0.128. The van der Waals surface area contributed by atoms with Gasteiger partial charge in [-0.05, 0) is 69.6 Å². The van der Waals surface area contributed by atoms with E-state index in [9.17, 15) is 14.4 Å². The normalized spacial score (nSPS) is 26.7. The Morgan fingerprint density at radius 2 is 1.74 bits per heavy atom. The van der Waals surface area contributed by atoms with Crippen LogP contribution in [0.2, 0.25) is 0 Å². The molecule has 38 heavy (non-hydrogen) atoms. The van der Waals surface area contributed by atoms with E-state index in [1.54, 1.807) is 13.8 Å². The second-order valence-electron chi connectivity index (χ2n) is 10.3. The van der Waals surface area contributed by atoms with Crippen molar-refractivity contribution in [3.8, 4) is 0 Å². The third kappa shape index (κ3) is 12.4. The average Bonchev–Trinajstić information content (AvgIpc) is 3.19. The second kappa shape index (κ2) is 19.1. The lowest BCUT2D eigenvalue weighted by molar-refractivity contribution is -0.203. The van der Waals surface area contributed by atoms with Crippen LogP contribution in [0.5, 0.6) is 0 Å². The fraction of sp³-hybridized carbons (Fsp3) is 0.767.